The molecule has 114 valence electrons. The number of nitrogens with one attached hydrogen (secondary N) is 1. The molecule has 1 atom stereocenters. The van der Waals surface area contributed by atoms with E-state index in [4.69, 9.17) is 0 Å². The number of amides is 1. The SMILES string of the molecule is CN1C(=O)CC(NCCCC2CCCC2)c2ccccc21. The molecular formula is C18H26N2O. The summed E-state index contributed by atoms with van der Waals surface area (Å²) >= 11 is 0. The maximum Gasteiger partial charge on any atom is 0.228 e. The van der Waals surface area contributed by atoms with Gasteiger partial charge in [0.2, 0.25) is 5.91 Å². The summed E-state index contributed by atoms with van der Waals surface area (Å²) in [5, 5.41) is 3.61. The standard InChI is InChI=1S/C18H26N2O/c1-20-17-11-5-4-10-15(17)16(13-18(20)21)19-12-6-9-14-7-2-3-8-14/h4-5,10-11,14,16,19H,2-3,6-9,12-13H2,1H3. The molecule has 0 spiro atoms. The van der Waals surface area contributed by atoms with Crippen LogP contribution in [-0.4, -0.2) is 19.5 Å². The molecular weight excluding hydrogens is 260 g/mol. The van der Waals surface area contributed by atoms with Crippen LogP contribution in [-0.2, 0) is 4.79 Å². The number of nitrogens with zero attached hydrogens (tertiary/aromatic N) is 1. The van der Waals surface area contributed by atoms with Gasteiger partial charge in [0.1, 0.15) is 0 Å². The minimum atomic E-state index is 0.188. The number of para-hydroxylation sites is 1. The first-order chi connectivity index (χ1) is 10.3. The lowest BCUT2D eigenvalue weighted by atomic mass is 9.95. The van der Waals surface area contributed by atoms with E-state index in [-0.39, 0.29) is 11.9 Å². The fourth-order valence-corrected chi connectivity index (χ4v) is 3.79. The van der Waals surface area contributed by atoms with Crippen molar-refractivity contribution in [2.24, 2.45) is 5.92 Å². The molecule has 1 aliphatic heterocycles. The molecule has 0 aromatic heterocycles. The minimum absolute atomic E-state index is 0.188. The summed E-state index contributed by atoms with van der Waals surface area (Å²) in [4.78, 5) is 13.9. The van der Waals surface area contributed by atoms with Crippen LogP contribution in [0.3, 0.4) is 0 Å². The van der Waals surface area contributed by atoms with E-state index in [0.29, 0.717) is 6.42 Å². The van der Waals surface area contributed by atoms with Gasteiger partial charge in [-0.25, -0.2) is 0 Å². The number of carbonyl (C=O) groups is 1. The first-order valence-electron chi connectivity index (χ1n) is 8.34. The quantitative estimate of drug-likeness (QED) is 0.838. The van der Waals surface area contributed by atoms with Crippen LogP contribution in [0.4, 0.5) is 5.69 Å². The molecule has 0 saturated heterocycles. The molecule has 1 saturated carbocycles. The molecule has 2 aliphatic rings. The van der Waals surface area contributed by atoms with Crippen LogP contribution in [0.1, 0.15) is 56.6 Å². The first-order valence-corrected chi connectivity index (χ1v) is 8.34. The summed E-state index contributed by atoms with van der Waals surface area (Å²) in [6, 6.07) is 8.45. The van der Waals surface area contributed by atoms with Gasteiger partial charge in [0.15, 0.2) is 0 Å². The molecule has 3 heteroatoms. The van der Waals surface area contributed by atoms with Gasteiger partial charge in [-0.3, -0.25) is 4.79 Å². The van der Waals surface area contributed by atoms with Crippen LogP contribution in [0.2, 0.25) is 0 Å². The van der Waals surface area contributed by atoms with Crippen molar-refractivity contribution in [2.75, 3.05) is 18.5 Å². The number of benzene rings is 1. The van der Waals surface area contributed by atoms with E-state index < -0.39 is 0 Å². The normalized spacial score (nSPS) is 22.6. The van der Waals surface area contributed by atoms with Crippen molar-refractivity contribution in [3.05, 3.63) is 29.8 Å². The van der Waals surface area contributed by atoms with Crippen molar-refractivity contribution in [3.63, 3.8) is 0 Å². The second-order valence-electron chi connectivity index (χ2n) is 6.52. The monoisotopic (exact) mass is 286 g/mol. The molecule has 1 amide bonds. The second kappa shape index (κ2) is 6.61. The Hall–Kier alpha value is -1.35. The molecule has 1 unspecified atom stereocenters. The Labute approximate surface area is 127 Å². The van der Waals surface area contributed by atoms with Crippen molar-refractivity contribution in [1.82, 2.24) is 5.32 Å². The summed E-state index contributed by atoms with van der Waals surface area (Å²) in [5.74, 6) is 1.17. The predicted octanol–water partition coefficient (Wildman–Crippen LogP) is 3.65. The highest BCUT2D eigenvalue weighted by atomic mass is 16.2. The molecule has 0 bridgehead atoms. The summed E-state index contributed by atoms with van der Waals surface area (Å²) in [6.07, 6.45) is 8.86. The van der Waals surface area contributed by atoms with E-state index in [1.165, 1.54) is 44.1 Å². The maximum atomic E-state index is 12.1. The van der Waals surface area contributed by atoms with Crippen molar-refractivity contribution in [3.8, 4) is 0 Å². The molecule has 0 radical (unpaired) electrons. The number of hydrogen-bond donors (Lipinski definition) is 1. The Morgan fingerprint density at radius 1 is 1.24 bits per heavy atom. The molecule has 1 aliphatic carbocycles. The zero-order valence-corrected chi connectivity index (χ0v) is 13.0. The lowest BCUT2D eigenvalue weighted by Gasteiger charge is -2.32. The number of rotatable bonds is 5. The summed E-state index contributed by atoms with van der Waals surface area (Å²) in [7, 11) is 1.87. The molecule has 21 heavy (non-hydrogen) atoms. The van der Waals surface area contributed by atoms with Crippen LogP contribution in [0.15, 0.2) is 24.3 Å². The lowest BCUT2D eigenvalue weighted by molar-refractivity contribution is -0.119. The predicted molar refractivity (Wildman–Crippen MR) is 86.4 cm³/mol. The Morgan fingerprint density at radius 2 is 2.00 bits per heavy atom. The van der Waals surface area contributed by atoms with Crippen LogP contribution in [0, 0.1) is 5.92 Å². The maximum absolute atomic E-state index is 12.1. The largest absolute Gasteiger partial charge is 0.315 e. The minimum Gasteiger partial charge on any atom is -0.315 e. The molecule has 1 heterocycles. The van der Waals surface area contributed by atoms with Crippen molar-refractivity contribution >= 4 is 11.6 Å². The van der Waals surface area contributed by atoms with E-state index in [1.807, 2.05) is 19.2 Å². The van der Waals surface area contributed by atoms with Gasteiger partial charge in [0, 0.05) is 25.2 Å². The summed E-state index contributed by atoms with van der Waals surface area (Å²) < 4.78 is 0. The highest BCUT2D eigenvalue weighted by Crippen LogP contribution is 2.33. The number of anilines is 1. The Kier molecular flexibility index (Phi) is 4.59. The third-order valence-electron chi connectivity index (χ3n) is 5.08. The van der Waals surface area contributed by atoms with Crippen molar-refractivity contribution in [1.29, 1.82) is 0 Å². The van der Waals surface area contributed by atoms with E-state index in [1.54, 1.807) is 4.90 Å². The Bertz CT molecular complexity index is 494. The highest BCUT2D eigenvalue weighted by molar-refractivity contribution is 5.96. The van der Waals surface area contributed by atoms with E-state index in [0.717, 1.165) is 18.2 Å². The van der Waals surface area contributed by atoms with Crippen molar-refractivity contribution < 1.29 is 4.79 Å². The zero-order chi connectivity index (χ0) is 14.7. The number of fused-ring (bicyclic) bond motifs is 1. The highest BCUT2D eigenvalue weighted by Gasteiger charge is 2.28. The number of carbonyl (C=O) groups excluding carboxylic acids is 1. The van der Waals surface area contributed by atoms with Gasteiger partial charge >= 0.3 is 0 Å². The Balaban J connectivity index is 1.55. The lowest BCUT2D eigenvalue weighted by Crippen LogP contribution is -2.38. The summed E-state index contributed by atoms with van der Waals surface area (Å²) in [5.41, 5.74) is 2.32. The molecule has 3 rings (SSSR count). The van der Waals surface area contributed by atoms with Gasteiger partial charge in [-0.15, -0.1) is 0 Å². The fraction of sp³-hybridized carbons (Fsp3) is 0.611. The van der Waals surface area contributed by atoms with Gasteiger partial charge in [-0.2, -0.15) is 0 Å². The van der Waals surface area contributed by atoms with Gasteiger partial charge < -0.3 is 10.2 Å². The van der Waals surface area contributed by atoms with Crippen molar-refractivity contribution in [2.45, 2.75) is 51.0 Å². The van der Waals surface area contributed by atoms with Gasteiger partial charge in [0.05, 0.1) is 0 Å². The molecule has 1 aromatic rings. The van der Waals surface area contributed by atoms with Crippen LogP contribution in [0.5, 0.6) is 0 Å². The third kappa shape index (κ3) is 3.29. The van der Waals surface area contributed by atoms with E-state index in [2.05, 4.69) is 17.4 Å². The average Bonchev–Trinajstić information content (AvgIpc) is 3.02. The van der Waals surface area contributed by atoms with Gasteiger partial charge in [-0.05, 0) is 36.9 Å². The molecule has 1 N–H and O–H groups in total. The summed E-state index contributed by atoms with van der Waals surface area (Å²) in [6.45, 7) is 1.02. The van der Waals surface area contributed by atoms with Crippen LogP contribution in [0.25, 0.3) is 0 Å². The topological polar surface area (TPSA) is 32.3 Å². The average molecular weight is 286 g/mol. The number of hydrogen-bond acceptors (Lipinski definition) is 2. The van der Waals surface area contributed by atoms with Gasteiger partial charge in [0.25, 0.3) is 0 Å². The molecule has 1 fully saturated rings. The zero-order valence-electron chi connectivity index (χ0n) is 13.0. The van der Waals surface area contributed by atoms with Crippen LogP contribution >= 0.6 is 0 Å². The van der Waals surface area contributed by atoms with Crippen LogP contribution < -0.4 is 10.2 Å². The van der Waals surface area contributed by atoms with E-state index in [9.17, 15) is 4.79 Å². The second-order valence-corrected chi connectivity index (χ2v) is 6.52. The Morgan fingerprint density at radius 3 is 2.81 bits per heavy atom. The molecule has 1 aromatic carbocycles. The molecule has 3 nitrogen and oxygen atoms in total. The first kappa shape index (κ1) is 14.6. The van der Waals surface area contributed by atoms with Gasteiger partial charge in [-0.1, -0.05) is 43.9 Å². The van der Waals surface area contributed by atoms with E-state index >= 15 is 0 Å². The smallest absolute Gasteiger partial charge is 0.228 e. The fourth-order valence-electron chi connectivity index (χ4n) is 3.79. The third-order valence-corrected chi connectivity index (χ3v) is 5.08.